The molecule has 0 spiro atoms. The van der Waals surface area contributed by atoms with E-state index in [9.17, 15) is 18.0 Å². The summed E-state index contributed by atoms with van der Waals surface area (Å²) in [4.78, 5) is 29.1. The van der Waals surface area contributed by atoms with Crippen LogP contribution in [0.25, 0.3) is 0 Å². The number of rotatable bonds is 14. The van der Waals surface area contributed by atoms with Crippen molar-refractivity contribution < 1.29 is 27.5 Å². The lowest BCUT2D eigenvalue weighted by molar-refractivity contribution is -0.140. The number of sulfonamides is 1. The summed E-state index contributed by atoms with van der Waals surface area (Å²) in [6.07, 6.45) is 2.04. The summed E-state index contributed by atoms with van der Waals surface area (Å²) in [6, 6.07) is 20.9. The zero-order chi connectivity index (χ0) is 30.0. The molecule has 0 aliphatic rings. The van der Waals surface area contributed by atoms with E-state index < -0.39 is 28.5 Å². The zero-order valence-corrected chi connectivity index (χ0v) is 25.1. The topological polar surface area (TPSA) is 105 Å². The van der Waals surface area contributed by atoms with Crippen molar-refractivity contribution in [3.8, 4) is 11.5 Å². The second-order valence-corrected chi connectivity index (χ2v) is 11.7. The first-order valence-corrected chi connectivity index (χ1v) is 15.3. The van der Waals surface area contributed by atoms with Crippen LogP contribution in [0, 0.1) is 6.92 Å². The van der Waals surface area contributed by atoms with Gasteiger partial charge in [-0.05, 0) is 36.6 Å². The van der Waals surface area contributed by atoms with Crippen molar-refractivity contribution in [2.45, 2.75) is 39.3 Å². The van der Waals surface area contributed by atoms with E-state index in [0.717, 1.165) is 33.7 Å². The summed E-state index contributed by atoms with van der Waals surface area (Å²) < 4.78 is 37.6. The maximum atomic E-state index is 14.1. The van der Waals surface area contributed by atoms with Crippen molar-refractivity contribution in [2.75, 3.05) is 37.9 Å². The van der Waals surface area contributed by atoms with Gasteiger partial charge < -0.3 is 19.7 Å². The Labute approximate surface area is 243 Å². The van der Waals surface area contributed by atoms with Gasteiger partial charge in [-0.1, -0.05) is 67.1 Å². The first-order valence-electron chi connectivity index (χ1n) is 13.4. The van der Waals surface area contributed by atoms with E-state index in [1.54, 1.807) is 12.1 Å². The highest BCUT2D eigenvalue weighted by atomic mass is 32.2. The van der Waals surface area contributed by atoms with Gasteiger partial charge in [-0.15, -0.1) is 0 Å². The van der Waals surface area contributed by atoms with Gasteiger partial charge in [-0.2, -0.15) is 0 Å². The molecule has 0 saturated heterocycles. The number of anilines is 1. The molecule has 3 rings (SSSR count). The van der Waals surface area contributed by atoms with Gasteiger partial charge in [-0.3, -0.25) is 13.9 Å². The van der Waals surface area contributed by atoms with Gasteiger partial charge in [0.25, 0.3) is 0 Å². The van der Waals surface area contributed by atoms with Crippen LogP contribution >= 0.6 is 0 Å². The first-order chi connectivity index (χ1) is 19.6. The quantitative estimate of drug-likeness (QED) is 0.309. The number of methoxy groups -OCH3 is 2. The van der Waals surface area contributed by atoms with Gasteiger partial charge in [0, 0.05) is 25.6 Å². The average Bonchev–Trinajstić information content (AvgIpc) is 2.96. The number of hydrogen-bond acceptors (Lipinski definition) is 6. The Hall–Kier alpha value is -4.05. The van der Waals surface area contributed by atoms with Crippen molar-refractivity contribution in [3.05, 3.63) is 89.5 Å². The molecule has 0 radical (unpaired) electrons. The minimum atomic E-state index is -3.90. The van der Waals surface area contributed by atoms with E-state index in [0.29, 0.717) is 18.0 Å². The number of amides is 2. The minimum Gasteiger partial charge on any atom is -0.493 e. The molecule has 41 heavy (non-hydrogen) atoms. The summed E-state index contributed by atoms with van der Waals surface area (Å²) in [5.74, 6) is -0.0670. The van der Waals surface area contributed by atoms with Crippen LogP contribution in [0.4, 0.5) is 5.69 Å². The van der Waals surface area contributed by atoms with Gasteiger partial charge in [-0.25, -0.2) is 8.42 Å². The van der Waals surface area contributed by atoms with Crippen LogP contribution in [0.1, 0.15) is 30.0 Å². The van der Waals surface area contributed by atoms with Gasteiger partial charge in [0.05, 0.1) is 26.2 Å². The Kier molecular flexibility index (Phi) is 11.2. The molecule has 9 nitrogen and oxygen atoms in total. The lowest BCUT2D eigenvalue weighted by atomic mass is 10.0. The fourth-order valence-corrected chi connectivity index (χ4v) is 5.25. The van der Waals surface area contributed by atoms with Gasteiger partial charge in [0.1, 0.15) is 12.6 Å². The van der Waals surface area contributed by atoms with Crippen molar-refractivity contribution in [2.24, 2.45) is 0 Å². The summed E-state index contributed by atoms with van der Waals surface area (Å²) in [6.45, 7) is 4.00. The third-order valence-corrected chi connectivity index (χ3v) is 7.77. The molecule has 2 amide bonds. The number of nitrogens with zero attached hydrogens (tertiary/aromatic N) is 2. The highest BCUT2D eigenvalue weighted by Gasteiger charge is 2.33. The molecule has 3 aromatic carbocycles. The van der Waals surface area contributed by atoms with E-state index in [1.807, 2.05) is 68.4 Å². The molecule has 0 bridgehead atoms. The second kappa shape index (κ2) is 14.5. The molecule has 0 fully saturated rings. The lowest BCUT2D eigenvalue weighted by Gasteiger charge is -2.33. The molecular formula is C31H39N3O6S. The van der Waals surface area contributed by atoms with E-state index >= 15 is 0 Å². The van der Waals surface area contributed by atoms with Crippen LogP contribution in [0.15, 0.2) is 72.8 Å². The second-order valence-electron chi connectivity index (χ2n) is 9.81. The molecule has 1 N–H and O–H groups in total. The molecule has 0 saturated carbocycles. The van der Waals surface area contributed by atoms with Crippen LogP contribution < -0.4 is 19.1 Å². The molecule has 0 aliphatic carbocycles. The molecule has 0 aromatic heterocycles. The summed E-state index contributed by atoms with van der Waals surface area (Å²) in [7, 11) is -0.970. The molecule has 0 heterocycles. The minimum absolute atomic E-state index is 0.125. The van der Waals surface area contributed by atoms with E-state index in [-0.39, 0.29) is 24.6 Å². The van der Waals surface area contributed by atoms with Crippen molar-refractivity contribution >= 4 is 27.5 Å². The third-order valence-electron chi connectivity index (χ3n) is 6.63. The molecule has 0 aliphatic heterocycles. The molecule has 10 heteroatoms. The highest BCUT2D eigenvalue weighted by molar-refractivity contribution is 7.92. The Morgan fingerprint density at radius 2 is 1.56 bits per heavy atom. The van der Waals surface area contributed by atoms with Crippen LogP contribution in [-0.4, -0.2) is 64.7 Å². The number of carbonyl (C=O) groups is 2. The Balaban J connectivity index is 2.05. The maximum Gasteiger partial charge on any atom is 0.244 e. The van der Waals surface area contributed by atoms with E-state index in [2.05, 4.69) is 5.32 Å². The average molecular weight is 582 g/mol. The number of aryl methyl sites for hydroxylation is 1. The highest BCUT2D eigenvalue weighted by Crippen LogP contribution is 2.32. The predicted octanol–water partition coefficient (Wildman–Crippen LogP) is 3.94. The molecule has 220 valence electrons. The Morgan fingerprint density at radius 1 is 0.902 bits per heavy atom. The van der Waals surface area contributed by atoms with Crippen LogP contribution in [0.2, 0.25) is 0 Å². The normalized spacial score (nSPS) is 11.8. The standard InChI is InChI=1S/C31H39N3O6S/c1-6-18-32-31(36)27(19-24-10-8-7-9-11-24)33(21-25-14-12-23(2)13-15-25)30(35)22-34(41(5,37)38)26-16-17-28(39-3)29(20-26)40-4/h7-17,20,27H,6,18-19,21-22H2,1-5H3,(H,32,36). The van der Waals surface area contributed by atoms with Crippen LogP contribution in [0.5, 0.6) is 11.5 Å². The summed E-state index contributed by atoms with van der Waals surface area (Å²) in [5.41, 5.74) is 3.00. The Morgan fingerprint density at radius 3 is 2.15 bits per heavy atom. The number of carbonyl (C=O) groups excluding carboxylic acids is 2. The molecule has 1 unspecified atom stereocenters. The lowest BCUT2D eigenvalue weighted by Crippen LogP contribution is -2.53. The molecular weight excluding hydrogens is 542 g/mol. The predicted molar refractivity (Wildman–Crippen MR) is 161 cm³/mol. The smallest absolute Gasteiger partial charge is 0.244 e. The zero-order valence-electron chi connectivity index (χ0n) is 24.3. The largest absolute Gasteiger partial charge is 0.493 e. The van der Waals surface area contributed by atoms with Gasteiger partial charge in [0.15, 0.2) is 11.5 Å². The van der Waals surface area contributed by atoms with Crippen molar-refractivity contribution in [3.63, 3.8) is 0 Å². The molecule has 3 aromatic rings. The third kappa shape index (κ3) is 8.72. The fourth-order valence-electron chi connectivity index (χ4n) is 4.40. The van der Waals surface area contributed by atoms with Crippen molar-refractivity contribution in [1.29, 1.82) is 0 Å². The van der Waals surface area contributed by atoms with Gasteiger partial charge in [0.2, 0.25) is 21.8 Å². The SMILES string of the molecule is CCCNC(=O)C(Cc1ccccc1)N(Cc1ccc(C)cc1)C(=O)CN(c1ccc(OC)c(OC)c1)S(C)(=O)=O. The molecule has 1 atom stereocenters. The fraction of sp³-hybridized carbons (Fsp3) is 0.355. The first kappa shape index (κ1) is 31.5. The van der Waals surface area contributed by atoms with Crippen LogP contribution in [0.3, 0.4) is 0 Å². The van der Waals surface area contributed by atoms with Crippen LogP contribution in [-0.2, 0) is 32.6 Å². The number of ether oxygens (including phenoxy) is 2. The number of hydrogen-bond donors (Lipinski definition) is 1. The number of nitrogens with one attached hydrogen (secondary N) is 1. The monoisotopic (exact) mass is 581 g/mol. The maximum absolute atomic E-state index is 14.1. The summed E-state index contributed by atoms with van der Waals surface area (Å²) in [5, 5.41) is 2.93. The number of benzene rings is 3. The summed E-state index contributed by atoms with van der Waals surface area (Å²) >= 11 is 0. The van der Waals surface area contributed by atoms with E-state index in [4.69, 9.17) is 9.47 Å². The van der Waals surface area contributed by atoms with Gasteiger partial charge >= 0.3 is 0 Å². The van der Waals surface area contributed by atoms with E-state index in [1.165, 1.54) is 25.2 Å². The Bertz CT molecular complexity index is 1410. The van der Waals surface area contributed by atoms with Crippen molar-refractivity contribution in [1.82, 2.24) is 10.2 Å².